The number of aromatic nitrogens is 1. The first kappa shape index (κ1) is 14.0. The van der Waals surface area contributed by atoms with Gasteiger partial charge in [0.05, 0.1) is 18.9 Å². The average molecular weight is 252 g/mol. The molecule has 0 aromatic carbocycles. The van der Waals surface area contributed by atoms with Crippen molar-refractivity contribution in [2.75, 3.05) is 13.7 Å². The van der Waals surface area contributed by atoms with E-state index in [2.05, 4.69) is 10.3 Å². The van der Waals surface area contributed by atoms with Crippen LogP contribution in [-0.4, -0.2) is 35.6 Å². The lowest BCUT2D eigenvalue weighted by atomic mass is 10.1. The second-order valence-electron chi connectivity index (χ2n) is 3.99. The van der Waals surface area contributed by atoms with Crippen molar-refractivity contribution in [2.24, 2.45) is 5.92 Å². The van der Waals surface area contributed by atoms with Crippen molar-refractivity contribution < 1.29 is 19.4 Å². The number of amides is 1. The van der Waals surface area contributed by atoms with E-state index in [1.807, 2.05) is 0 Å². The molecule has 1 aromatic heterocycles. The fourth-order valence-corrected chi connectivity index (χ4v) is 1.46. The largest absolute Gasteiger partial charge is 0.494 e. The van der Waals surface area contributed by atoms with Crippen LogP contribution >= 0.6 is 0 Å². The molecule has 0 aliphatic heterocycles. The summed E-state index contributed by atoms with van der Waals surface area (Å²) in [6.07, 6.45) is 2.97. The first-order valence-corrected chi connectivity index (χ1v) is 5.52. The minimum absolute atomic E-state index is 0.0216. The number of pyridine rings is 1. The van der Waals surface area contributed by atoms with Gasteiger partial charge in [-0.3, -0.25) is 14.6 Å². The third-order valence-corrected chi connectivity index (χ3v) is 2.38. The highest BCUT2D eigenvalue weighted by atomic mass is 16.5. The van der Waals surface area contributed by atoms with Crippen LogP contribution in [0.2, 0.25) is 0 Å². The van der Waals surface area contributed by atoms with Gasteiger partial charge in [-0.05, 0) is 12.0 Å². The molecular formula is C12H16N2O4. The summed E-state index contributed by atoms with van der Waals surface area (Å²) in [5, 5.41) is 11.3. The molecule has 0 spiro atoms. The van der Waals surface area contributed by atoms with Gasteiger partial charge in [0.1, 0.15) is 5.75 Å². The summed E-state index contributed by atoms with van der Waals surface area (Å²) in [5.41, 5.74) is 0.384. The number of hydrogen-bond acceptors (Lipinski definition) is 4. The number of methoxy groups -OCH3 is 1. The molecular weight excluding hydrogens is 236 g/mol. The monoisotopic (exact) mass is 252 g/mol. The Labute approximate surface area is 105 Å². The van der Waals surface area contributed by atoms with Crippen LogP contribution in [0.4, 0.5) is 0 Å². The van der Waals surface area contributed by atoms with Gasteiger partial charge in [-0.25, -0.2) is 0 Å². The second-order valence-corrected chi connectivity index (χ2v) is 3.99. The Morgan fingerprint density at radius 2 is 2.28 bits per heavy atom. The molecule has 0 saturated heterocycles. The Bertz CT molecular complexity index is 434. The fourth-order valence-electron chi connectivity index (χ4n) is 1.46. The number of hydrogen-bond donors (Lipinski definition) is 2. The van der Waals surface area contributed by atoms with E-state index in [1.165, 1.54) is 19.5 Å². The third-order valence-electron chi connectivity index (χ3n) is 2.38. The van der Waals surface area contributed by atoms with E-state index in [1.54, 1.807) is 13.0 Å². The zero-order chi connectivity index (χ0) is 13.5. The number of carboxylic acid groups (broad SMARTS) is 1. The third kappa shape index (κ3) is 4.04. The average Bonchev–Trinajstić information content (AvgIpc) is 2.35. The maximum Gasteiger partial charge on any atom is 0.303 e. The summed E-state index contributed by atoms with van der Waals surface area (Å²) < 4.78 is 5.02. The Morgan fingerprint density at radius 1 is 1.56 bits per heavy atom. The summed E-state index contributed by atoms with van der Waals surface area (Å²) in [7, 11) is 1.46. The molecule has 18 heavy (non-hydrogen) atoms. The van der Waals surface area contributed by atoms with Gasteiger partial charge < -0.3 is 15.2 Å². The lowest BCUT2D eigenvalue weighted by molar-refractivity contribution is -0.137. The minimum atomic E-state index is -0.877. The van der Waals surface area contributed by atoms with Gasteiger partial charge >= 0.3 is 5.97 Å². The molecule has 1 aromatic rings. The second kappa shape index (κ2) is 6.58. The van der Waals surface area contributed by atoms with Crippen LogP contribution in [0.3, 0.4) is 0 Å². The Hall–Kier alpha value is -2.11. The highest BCUT2D eigenvalue weighted by Crippen LogP contribution is 2.15. The van der Waals surface area contributed by atoms with E-state index < -0.39 is 5.97 Å². The van der Waals surface area contributed by atoms with Crippen molar-refractivity contribution in [3.63, 3.8) is 0 Å². The molecule has 1 heterocycles. The molecule has 1 amide bonds. The smallest absolute Gasteiger partial charge is 0.303 e. The predicted molar refractivity (Wildman–Crippen MR) is 64.5 cm³/mol. The van der Waals surface area contributed by atoms with Gasteiger partial charge in [0.15, 0.2) is 0 Å². The molecule has 1 unspecified atom stereocenters. The molecule has 6 heteroatoms. The first-order chi connectivity index (χ1) is 8.54. The standard InChI is InChI=1S/C12H16N2O4/c1-8(5-11(15)16)6-14-12(17)9-3-4-13-7-10(9)18-2/h3-4,7-8H,5-6H2,1-2H3,(H,14,17)(H,15,16). The quantitative estimate of drug-likeness (QED) is 0.786. The summed E-state index contributed by atoms with van der Waals surface area (Å²) in [5.74, 6) is -0.912. The number of aliphatic carboxylic acids is 1. The lowest BCUT2D eigenvalue weighted by Gasteiger charge is -2.11. The number of carbonyl (C=O) groups excluding carboxylic acids is 1. The highest BCUT2D eigenvalue weighted by Gasteiger charge is 2.14. The van der Waals surface area contributed by atoms with Crippen molar-refractivity contribution in [1.82, 2.24) is 10.3 Å². The first-order valence-electron chi connectivity index (χ1n) is 5.52. The van der Waals surface area contributed by atoms with Gasteiger partial charge in [0, 0.05) is 19.2 Å². The summed E-state index contributed by atoms with van der Waals surface area (Å²) in [6.45, 7) is 2.06. The fraction of sp³-hybridized carbons (Fsp3) is 0.417. The topological polar surface area (TPSA) is 88.5 Å². The van der Waals surface area contributed by atoms with Crippen molar-refractivity contribution >= 4 is 11.9 Å². The predicted octanol–water partition coefficient (Wildman–Crippen LogP) is 0.931. The molecule has 0 saturated carbocycles. The van der Waals surface area contributed by atoms with Gasteiger partial charge in [-0.1, -0.05) is 6.92 Å². The van der Waals surface area contributed by atoms with E-state index >= 15 is 0 Å². The molecule has 2 N–H and O–H groups in total. The van der Waals surface area contributed by atoms with E-state index in [0.717, 1.165) is 0 Å². The van der Waals surface area contributed by atoms with Crippen molar-refractivity contribution in [3.05, 3.63) is 24.0 Å². The Kier molecular flexibility index (Phi) is 5.10. The maximum absolute atomic E-state index is 11.8. The van der Waals surface area contributed by atoms with Crippen LogP contribution in [0, 0.1) is 5.92 Å². The minimum Gasteiger partial charge on any atom is -0.494 e. The van der Waals surface area contributed by atoms with Crippen molar-refractivity contribution in [3.8, 4) is 5.75 Å². The molecule has 1 rings (SSSR count). The molecule has 0 bridgehead atoms. The van der Waals surface area contributed by atoms with Gasteiger partial charge in [-0.15, -0.1) is 0 Å². The summed E-state index contributed by atoms with van der Waals surface area (Å²) in [4.78, 5) is 26.2. The van der Waals surface area contributed by atoms with Crippen LogP contribution in [0.15, 0.2) is 18.5 Å². The number of nitrogens with zero attached hydrogens (tertiary/aromatic N) is 1. The molecule has 0 radical (unpaired) electrons. The number of carbonyl (C=O) groups is 2. The number of ether oxygens (including phenoxy) is 1. The zero-order valence-corrected chi connectivity index (χ0v) is 10.3. The van der Waals surface area contributed by atoms with Crippen LogP contribution in [0.5, 0.6) is 5.75 Å². The Morgan fingerprint density at radius 3 is 2.89 bits per heavy atom. The van der Waals surface area contributed by atoms with E-state index in [0.29, 0.717) is 17.9 Å². The zero-order valence-electron chi connectivity index (χ0n) is 10.3. The van der Waals surface area contributed by atoms with Gasteiger partial charge in [0.25, 0.3) is 5.91 Å². The summed E-state index contributed by atoms with van der Waals surface area (Å²) >= 11 is 0. The SMILES string of the molecule is COc1cnccc1C(=O)NCC(C)CC(=O)O. The van der Waals surface area contributed by atoms with Crippen molar-refractivity contribution in [1.29, 1.82) is 0 Å². The molecule has 1 atom stereocenters. The normalized spacial score (nSPS) is 11.7. The molecule has 0 aliphatic rings. The summed E-state index contributed by atoms with van der Waals surface area (Å²) in [6, 6.07) is 1.55. The highest BCUT2D eigenvalue weighted by molar-refractivity contribution is 5.96. The van der Waals surface area contributed by atoms with Crippen LogP contribution in [0.1, 0.15) is 23.7 Å². The van der Waals surface area contributed by atoms with Gasteiger partial charge in [-0.2, -0.15) is 0 Å². The van der Waals surface area contributed by atoms with Gasteiger partial charge in [0.2, 0.25) is 0 Å². The van der Waals surface area contributed by atoms with E-state index in [4.69, 9.17) is 9.84 Å². The van der Waals surface area contributed by atoms with Crippen molar-refractivity contribution in [2.45, 2.75) is 13.3 Å². The molecule has 6 nitrogen and oxygen atoms in total. The number of nitrogens with one attached hydrogen (secondary N) is 1. The molecule has 98 valence electrons. The molecule has 0 fully saturated rings. The molecule has 0 aliphatic carbocycles. The number of rotatable bonds is 6. The van der Waals surface area contributed by atoms with Crippen LogP contribution < -0.4 is 10.1 Å². The number of carboxylic acids is 1. The lowest BCUT2D eigenvalue weighted by Crippen LogP contribution is -2.29. The van der Waals surface area contributed by atoms with E-state index in [-0.39, 0.29) is 18.2 Å². The van der Waals surface area contributed by atoms with Crippen LogP contribution in [-0.2, 0) is 4.79 Å². The van der Waals surface area contributed by atoms with Crippen LogP contribution in [0.25, 0.3) is 0 Å². The van der Waals surface area contributed by atoms with E-state index in [9.17, 15) is 9.59 Å². The maximum atomic E-state index is 11.8. The Balaban J connectivity index is 2.57.